The SMILES string of the molecule is CCCCNc1nccc(-c2c(-c3ccc(F)cc3)nc3n2[C@H](Cn2ccc4cc(Br)ccc42)CC3)n1. The Morgan fingerprint density at radius 2 is 1.95 bits per heavy atom. The number of nitrogens with one attached hydrogen (secondary N) is 1. The van der Waals surface area contributed by atoms with Gasteiger partial charge >= 0.3 is 0 Å². The predicted molar refractivity (Wildman–Crippen MR) is 149 cm³/mol. The van der Waals surface area contributed by atoms with Crippen molar-refractivity contribution in [1.29, 1.82) is 0 Å². The van der Waals surface area contributed by atoms with Crippen LogP contribution in [0.25, 0.3) is 33.5 Å². The Balaban J connectivity index is 1.43. The number of nitrogens with zero attached hydrogens (tertiary/aromatic N) is 5. The molecule has 1 atom stereocenters. The minimum absolute atomic E-state index is 0.220. The average Bonchev–Trinajstić information content (AvgIpc) is 3.59. The van der Waals surface area contributed by atoms with Crippen LogP contribution in [-0.4, -0.2) is 30.6 Å². The number of anilines is 1. The van der Waals surface area contributed by atoms with Crippen molar-refractivity contribution in [1.82, 2.24) is 24.1 Å². The van der Waals surface area contributed by atoms with Crippen LogP contribution in [0.3, 0.4) is 0 Å². The monoisotopic (exact) mass is 558 g/mol. The summed E-state index contributed by atoms with van der Waals surface area (Å²) in [6.45, 7) is 3.82. The van der Waals surface area contributed by atoms with Crippen molar-refractivity contribution in [3.8, 4) is 22.6 Å². The van der Waals surface area contributed by atoms with Gasteiger partial charge in [0.15, 0.2) is 0 Å². The minimum atomic E-state index is -0.259. The number of aryl methyl sites for hydroxylation is 1. The summed E-state index contributed by atoms with van der Waals surface area (Å²) in [7, 11) is 0. The summed E-state index contributed by atoms with van der Waals surface area (Å²) in [6.07, 6.45) is 8.00. The maximum atomic E-state index is 13.8. The standard InChI is InChI=1S/C29H28BrFN6/c1-2-3-14-32-29-33-15-12-24(34-29)28-27(19-4-7-22(31)8-5-19)35-26-11-9-23(37(26)28)18-36-16-13-20-17-21(30)6-10-25(20)36/h4-8,10,12-13,15-17,23H,2-3,9,11,14,18H2,1H3,(H,32,33,34)/t23-/m0/s1. The topological polar surface area (TPSA) is 60.6 Å². The molecule has 8 heteroatoms. The Kier molecular flexibility index (Phi) is 6.50. The highest BCUT2D eigenvalue weighted by Gasteiger charge is 2.31. The van der Waals surface area contributed by atoms with E-state index in [0.29, 0.717) is 5.95 Å². The van der Waals surface area contributed by atoms with Gasteiger partial charge in [0.25, 0.3) is 0 Å². The maximum Gasteiger partial charge on any atom is 0.223 e. The molecule has 0 unspecified atom stereocenters. The molecule has 0 aliphatic carbocycles. The first-order valence-electron chi connectivity index (χ1n) is 12.8. The Morgan fingerprint density at radius 1 is 1.08 bits per heavy atom. The van der Waals surface area contributed by atoms with E-state index in [0.717, 1.165) is 71.7 Å². The lowest BCUT2D eigenvalue weighted by Gasteiger charge is -2.19. The number of halogens is 2. The lowest BCUT2D eigenvalue weighted by atomic mass is 10.1. The van der Waals surface area contributed by atoms with E-state index in [1.54, 1.807) is 18.3 Å². The van der Waals surface area contributed by atoms with Crippen LogP contribution in [0.15, 0.2) is 71.5 Å². The molecule has 1 aliphatic heterocycles. The zero-order valence-electron chi connectivity index (χ0n) is 20.7. The van der Waals surface area contributed by atoms with Crippen LogP contribution < -0.4 is 5.32 Å². The molecule has 3 aromatic heterocycles. The quantitative estimate of drug-likeness (QED) is 0.203. The number of aromatic nitrogens is 5. The number of imidazole rings is 1. The molecular weight excluding hydrogens is 531 g/mol. The molecule has 6 nitrogen and oxygen atoms in total. The highest BCUT2D eigenvalue weighted by molar-refractivity contribution is 9.10. The van der Waals surface area contributed by atoms with E-state index in [9.17, 15) is 4.39 Å². The van der Waals surface area contributed by atoms with Crippen molar-refractivity contribution in [3.05, 3.63) is 83.1 Å². The first-order chi connectivity index (χ1) is 18.1. The van der Waals surface area contributed by atoms with Crippen molar-refractivity contribution in [2.45, 2.75) is 45.2 Å². The third-order valence-corrected chi connectivity index (χ3v) is 7.51. The van der Waals surface area contributed by atoms with Gasteiger partial charge in [0.2, 0.25) is 5.95 Å². The Hall–Kier alpha value is -3.52. The Bertz CT molecular complexity index is 1550. The summed E-state index contributed by atoms with van der Waals surface area (Å²) in [5.74, 6) is 1.39. The van der Waals surface area contributed by atoms with Gasteiger partial charge in [0.05, 0.1) is 23.1 Å². The summed E-state index contributed by atoms with van der Waals surface area (Å²) < 4.78 is 19.5. The molecule has 0 spiro atoms. The van der Waals surface area contributed by atoms with Crippen LogP contribution in [0.5, 0.6) is 0 Å². The highest BCUT2D eigenvalue weighted by Crippen LogP contribution is 2.40. The van der Waals surface area contributed by atoms with Gasteiger partial charge in [-0.2, -0.15) is 0 Å². The van der Waals surface area contributed by atoms with Crippen molar-refractivity contribution in [2.75, 3.05) is 11.9 Å². The second-order valence-electron chi connectivity index (χ2n) is 9.51. The first kappa shape index (κ1) is 23.9. The normalized spacial score (nSPS) is 14.8. The van der Waals surface area contributed by atoms with E-state index in [2.05, 4.69) is 72.8 Å². The van der Waals surface area contributed by atoms with Crippen molar-refractivity contribution < 1.29 is 4.39 Å². The third-order valence-electron chi connectivity index (χ3n) is 7.02. The van der Waals surface area contributed by atoms with Gasteiger partial charge in [-0.25, -0.2) is 19.3 Å². The summed E-state index contributed by atoms with van der Waals surface area (Å²) in [4.78, 5) is 14.4. The number of hydrogen-bond donors (Lipinski definition) is 1. The van der Waals surface area contributed by atoms with E-state index in [4.69, 9.17) is 9.97 Å². The average molecular weight is 559 g/mol. The van der Waals surface area contributed by atoms with Crippen LogP contribution in [0.1, 0.15) is 38.1 Å². The lowest BCUT2D eigenvalue weighted by Crippen LogP contribution is -2.14. The number of fused-ring (bicyclic) bond motifs is 2. The fourth-order valence-electron chi connectivity index (χ4n) is 5.21. The molecular formula is C29H28BrFN6. The number of hydrogen-bond acceptors (Lipinski definition) is 4. The molecule has 4 heterocycles. The zero-order valence-corrected chi connectivity index (χ0v) is 22.2. The maximum absolute atomic E-state index is 13.8. The summed E-state index contributed by atoms with van der Waals surface area (Å²) in [6, 6.07) is 17.3. The predicted octanol–water partition coefficient (Wildman–Crippen LogP) is 7.26. The largest absolute Gasteiger partial charge is 0.354 e. The molecule has 0 bridgehead atoms. The smallest absolute Gasteiger partial charge is 0.223 e. The van der Waals surface area contributed by atoms with Crippen molar-refractivity contribution in [3.63, 3.8) is 0 Å². The van der Waals surface area contributed by atoms with Crippen LogP contribution in [-0.2, 0) is 13.0 Å². The molecule has 2 aromatic carbocycles. The van der Waals surface area contributed by atoms with Gasteiger partial charge in [-0.05, 0) is 67.4 Å². The van der Waals surface area contributed by atoms with E-state index < -0.39 is 0 Å². The van der Waals surface area contributed by atoms with Crippen LogP contribution in [0, 0.1) is 5.82 Å². The minimum Gasteiger partial charge on any atom is -0.354 e. The molecule has 0 saturated carbocycles. The molecule has 1 aliphatic rings. The molecule has 6 rings (SSSR count). The van der Waals surface area contributed by atoms with Gasteiger partial charge in [-0.3, -0.25) is 0 Å². The molecule has 0 fully saturated rings. The Morgan fingerprint density at radius 3 is 2.78 bits per heavy atom. The molecule has 0 radical (unpaired) electrons. The molecule has 37 heavy (non-hydrogen) atoms. The molecule has 188 valence electrons. The third kappa shape index (κ3) is 4.66. The second kappa shape index (κ2) is 10.1. The van der Waals surface area contributed by atoms with Crippen molar-refractivity contribution >= 4 is 32.8 Å². The van der Waals surface area contributed by atoms with Gasteiger partial charge in [-0.15, -0.1) is 0 Å². The van der Waals surface area contributed by atoms with Gasteiger partial charge < -0.3 is 14.5 Å². The number of benzene rings is 2. The fourth-order valence-corrected chi connectivity index (χ4v) is 5.59. The van der Waals surface area contributed by atoms with E-state index in [1.165, 1.54) is 23.0 Å². The molecule has 1 N–H and O–H groups in total. The fraction of sp³-hybridized carbons (Fsp3) is 0.276. The molecule has 0 amide bonds. The van der Waals surface area contributed by atoms with Gasteiger partial charge in [0, 0.05) is 52.8 Å². The first-order valence-corrected chi connectivity index (χ1v) is 13.6. The van der Waals surface area contributed by atoms with Crippen LogP contribution in [0.4, 0.5) is 10.3 Å². The van der Waals surface area contributed by atoms with Crippen LogP contribution in [0.2, 0.25) is 0 Å². The van der Waals surface area contributed by atoms with E-state index in [1.807, 2.05) is 6.07 Å². The van der Waals surface area contributed by atoms with E-state index in [-0.39, 0.29) is 11.9 Å². The molecule has 5 aromatic rings. The highest BCUT2D eigenvalue weighted by atomic mass is 79.9. The number of unbranched alkanes of at least 4 members (excludes halogenated alkanes) is 1. The van der Waals surface area contributed by atoms with Crippen LogP contribution >= 0.6 is 15.9 Å². The van der Waals surface area contributed by atoms with Gasteiger partial charge in [-0.1, -0.05) is 29.3 Å². The summed E-state index contributed by atoms with van der Waals surface area (Å²) >= 11 is 3.58. The second-order valence-corrected chi connectivity index (χ2v) is 10.4. The van der Waals surface area contributed by atoms with Crippen molar-refractivity contribution in [2.24, 2.45) is 0 Å². The zero-order chi connectivity index (χ0) is 25.4. The van der Waals surface area contributed by atoms with Gasteiger partial charge in [0.1, 0.15) is 11.6 Å². The summed E-state index contributed by atoms with van der Waals surface area (Å²) in [5.41, 5.74) is 4.71. The summed E-state index contributed by atoms with van der Waals surface area (Å²) in [5, 5.41) is 4.56. The number of rotatable bonds is 8. The Labute approximate surface area is 223 Å². The van der Waals surface area contributed by atoms with E-state index >= 15 is 0 Å². The lowest BCUT2D eigenvalue weighted by molar-refractivity contribution is 0.459. The molecule has 0 saturated heterocycles.